The van der Waals surface area contributed by atoms with Crippen molar-refractivity contribution in [3.8, 4) is 16.9 Å². The Morgan fingerprint density at radius 3 is 2.27 bits per heavy atom. The van der Waals surface area contributed by atoms with Crippen molar-refractivity contribution in [2.75, 3.05) is 12.4 Å². The van der Waals surface area contributed by atoms with Crippen molar-refractivity contribution < 1.29 is 4.79 Å². The van der Waals surface area contributed by atoms with E-state index in [0.29, 0.717) is 0 Å². The van der Waals surface area contributed by atoms with Crippen molar-refractivity contribution in [3.63, 3.8) is 0 Å². The molecule has 2 heterocycles. The average Bonchev–Trinajstić information content (AvgIpc) is 3.20. The number of nitrogens with one attached hydrogen (secondary N) is 1. The van der Waals surface area contributed by atoms with Gasteiger partial charge in [0.1, 0.15) is 11.5 Å². The molecule has 3 rings (SSSR count). The summed E-state index contributed by atoms with van der Waals surface area (Å²) in [6.45, 7) is 6.32. The molecule has 3 aromatic rings. The van der Waals surface area contributed by atoms with Gasteiger partial charge < -0.3 is 11.1 Å². The van der Waals surface area contributed by atoms with E-state index in [9.17, 15) is 0 Å². The van der Waals surface area contributed by atoms with Crippen molar-refractivity contribution in [2.45, 2.75) is 27.2 Å². The number of rotatable bonds is 3. The maximum absolute atomic E-state index is 8.58. The maximum Gasteiger partial charge on any atom is 0.204 e. The van der Waals surface area contributed by atoms with E-state index in [1.165, 1.54) is 6.42 Å². The Morgan fingerprint density at radius 1 is 1.23 bits per heavy atom. The summed E-state index contributed by atoms with van der Waals surface area (Å²) in [6.07, 6.45) is 5.31. The SMILES string of the molecule is CCC.CNc1c(C)c(-c2cnn(C)c2)nn1-c1ccccc1.NC=O. The Labute approximate surface area is 154 Å². The number of carbonyl (C=O) groups excluding carboxylic acids is 1. The summed E-state index contributed by atoms with van der Waals surface area (Å²) in [6, 6.07) is 10.1. The number of nitrogens with two attached hydrogens (primary N) is 1. The third-order valence-electron chi connectivity index (χ3n) is 3.34. The molecule has 0 aliphatic carbocycles. The van der Waals surface area contributed by atoms with E-state index in [-0.39, 0.29) is 6.41 Å². The Morgan fingerprint density at radius 2 is 1.81 bits per heavy atom. The lowest BCUT2D eigenvalue weighted by molar-refractivity contribution is -0.106. The van der Waals surface area contributed by atoms with Gasteiger partial charge in [-0.25, -0.2) is 4.68 Å². The number of nitrogens with zero attached hydrogens (tertiary/aromatic N) is 4. The highest BCUT2D eigenvalue weighted by molar-refractivity contribution is 5.69. The number of aromatic nitrogens is 4. The highest BCUT2D eigenvalue weighted by atomic mass is 16.1. The molecule has 1 aromatic carbocycles. The van der Waals surface area contributed by atoms with Gasteiger partial charge in [0.2, 0.25) is 6.41 Å². The van der Waals surface area contributed by atoms with E-state index >= 15 is 0 Å². The number of hydrogen-bond acceptors (Lipinski definition) is 4. The second-order valence-electron chi connectivity index (χ2n) is 5.57. The molecular weight excluding hydrogens is 328 g/mol. The van der Waals surface area contributed by atoms with Crippen molar-refractivity contribution in [3.05, 3.63) is 48.3 Å². The second kappa shape index (κ2) is 10.7. The lowest BCUT2D eigenvalue weighted by atomic mass is 10.1. The van der Waals surface area contributed by atoms with Crippen LogP contribution in [0.1, 0.15) is 25.8 Å². The first-order valence-corrected chi connectivity index (χ1v) is 8.51. The summed E-state index contributed by atoms with van der Waals surface area (Å²) in [4.78, 5) is 8.58. The maximum atomic E-state index is 8.58. The van der Waals surface area contributed by atoms with Crippen LogP contribution in [0.15, 0.2) is 42.7 Å². The van der Waals surface area contributed by atoms with E-state index in [1.807, 2.05) is 61.5 Å². The molecule has 0 fully saturated rings. The normalized spacial score (nSPS) is 9.42. The number of aryl methyl sites for hydroxylation is 1. The number of carbonyl (C=O) groups is 1. The molecule has 0 saturated heterocycles. The first-order chi connectivity index (χ1) is 12.5. The van der Waals surface area contributed by atoms with Crippen LogP contribution >= 0.6 is 0 Å². The van der Waals surface area contributed by atoms with Crippen LogP contribution in [-0.2, 0) is 11.8 Å². The van der Waals surface area contributed by atoms with Crippen LogP contribution < -0.4 is 11.1 Å². The van der Waals surface area contributed by atoms with Gasteiger partial charge in [-0.1, -0.05) is 38.5 Å². The zero-order valence-corrected chi connectivity index (χ0v) is 16.1. The van der Waals surface area contributed by atoms with Gasteiger partial charge in [-0.3, -0.25) is 9.48 Å². The molecular formula is C19H28N6O. The van der Waals surface area contributed by atoms with Gasteiger partial charge in [-0.15, -0.1) is 0 Å². The fourth-order valence-electron chi connectivity index (χ4n) is 2.36. The third kappa shape index (κ3) is 5.20. The van der Waals surface area contributed by atoms with E-state index in [2.05, 4.69) is 36.9 Å². The molecule has 0 unspecified atom stereocenters. The van der Waals surface area contributed by atoms with Crippen molar-refractivity contribution in [1.29, 1.82) is 0 Å². The molecule has 0 atom stereocenters. The monoisotopic (exact) mass is 356 g/mol. The molecule has 140 valence electrons. The van der Waals surface area contributed by atoms with Gasteiger partial charge >= 0.3 is 0 Å². The lowest BCUT2D eigenvalue weighted by Gasteiger charge is -2.06. The minimum Gasteiger partial charge on any atom is -0.373 e. The summed E-state index contributed by atoms with van der Waals surface area (Å²) in [7, 11) is 3.82. The molecule has 3 N–H and O–H groups in total. The predicted octanol–water partition coefficient (Wildman–Crippen LogP) is 3.14. The predicted molar refractivity (Wildman–Crippen MR) is 106 cm³/mol. The van der Waals surface area contributed by atoms with Gasteiger partial charge in [-0.05, 0) is 19.1 Å². The van der Waals surface area contributed by atoms with Crippen LogP contribution in [0, 0.1) is 6.92 Å². The zero-order valence-electron chi connectivity index (χ0n) is 16.1. The van der Waals surface area contributed by atoms with Crippen molar-refractivity contribution in [1.82, 2.24) is 19.6 Å². The first kappa shape index (κ1) is 21.0. The molecule has 0 saturated carbocycles. The molecule has 26 heavy (non-hydrogen) atoms. The largest absolute Gasteiger partial charge is 0.373 e. The zero-order chi connectivity index (χ0) is 19.5. The fraction of sp³-hybridized carbons (Fsp3) is 0.316. The minimum atomic E-state index is 0.250. The summed E-state index contributed by atoms with van der Waals surface area (Å²) >= 11 is 0. The topological polar surface area (TPSA) is 90.8 Å². The Bertz CT molecular complexity index is 792. The highest BCUT2D eigenvalue weighted by Gasteiger charge is 2.16. The summed E-state index contributed by atoms with van der Waals surface area (Å²) in [5.41, 5.74) is 8.29. The number of para-hydroxylation sites is 1. The van der Waals surface area contributed by atoms with Crippen LogP contribution in [0.25, 0.3) is 16.9 Å². The van der Waals surface area contributed by atoms with Crippen LogP contribution in [0.2, 0.25) is 0 Å². The van der Waals surface area contributed by atoms with Crippen molar-refractivity contribution in [2.24, 2.45) is 12.8 Å². The van der Waals surface area contributed by atoms with Crippen LogP contribution in [-0.4, -0.2) is 33.0 Å². The van der Waals surface area contributed by atoms with Gasteiger partial charge in [0.05, 0.1) is 11.9 Å². The van der Waals surface area contributed by atoms with Crippen molar-refractivity contribution >= 4 is 12.2 Å². The quantitative estimate of drug-likeness (QED) is 0.705. The van der Waals surface area contributed by atoms with E-state index in [0.717, 1.165) is 28.3 Å². The third-order valence-corrected chi connectivity index (χ3v) is 3.34. The minimum absolute atomic E-state index is 0.250. The van der Waals surface area contributed by atoms with Crippen LogP contribution in [0.4, 0.5) is 5.82 Å². The second-order valence-corrected chi connectivity index (χ2v) is 5.57. The summed E-state index contributed by atoms with van der Waals surface area (Å²) in [5.74, 6) is 0.995. The van der Waals surface area contributed by atoms with Crippen LogP contribution in [0.3, 0.4) is 0 Å². The Balaban J connectivity index is 0.000000499. The number of anilines is 1. The van der Waals surface area contributed by atoms with E-state index in [4.69, 9.17) is 9.89 Å². The first-order valence-electron chi connectivity index (χ1n) is 8.51. The summed E-state index contributed by atoms with van der Waals surface area (Å²) in [5, 5.41) is 12.2. The molecule has 0 aliphatic rings. The van der Waals surface area contributed by atoms with E-state index in [1.54, 1.807) is 4.68 Å². The standard InChI is InChI=1S/C15H17N5.C3H8.CH3NO/c1-11-14(12-9-17-19(3)10-12)18-20(15(11)16-2)13-7-5-4-6-8-13;1-3-2;2-1-3/h4-10,16H,1-3H3;3H2,1-2H3;1H,(H2,2,3). The van der Waals surface area contributed by atoms with Gasteiger partial charge in [0, 0.05) is 31.4 Å². The average molecular weight is 356 g/mol. The Kier molecular flexibility index (Phi) is 8.63. The molecule has 0 radical (unpaired) electrons. The number of primary amides is 1. The Hall–Kier alpha value is -3.09. The summed E-state index contributed by atoms with van der Waals surface area (Å²) < 4.78 is 3.72. The molecule has 7 heteroatoms. The fourth-order valence-corrected chi connectivity index (χ4v) is 2.36. The molecule has 0 spiro atoms. The molecule has 1 amide bonds. The number of benzene rings is 1. The molecule has 0 aliphatic heterocycles. The lowest BCUT2D eigenvalue weighted by Crippen LogP contribution is -2.02. The molecule has 2 aromatic heterocycles. The van der Waals surface area contributed by atoms with E-state index < -0.39 is 0 Å². The highest BCUT2D eigenvalue weighted by Crippen LogP contribution is 2.29. The van der Waals surface area contributed by atoms with Gasteiger partial charge in [0.15, 0.2) is 0 Å². The number of amides is 1. The smallest absolute Gasteiger partial charge is 0.204 e. The molecule has 0 bridgehead atoms. The van der Waals surface area contributed by atoms with Crippen LogP contribution in [0.5, 0.6) is 0 Å². The molecule has 7 nitrogen and oxygen atoms in total. The van der Waals surface area contributed by atoms with Gasteiger partial charge in [0.25, 0.3) is 0 Å². The van der Waals surface area contributed by atoms with Gasteiger partial charge in [-0.2, -0.15) is 10.2 Å². The number of hydrogen-bond donors (Lipinski definition) is 2.